The van der Waals surface area contributed by atoms with E-state index >= 15 is 0 Å². The maximum Gasteiger partial charge on any atom is 0.119 e. The molecule has 106 valence electrons. The fourth-order valence-corrected chi connectivity index (χ4v) is 2.62. The van der Waals surface area contributed by atoms with Crippen LogP contribution in [0.4, 0.5) is 0 Å². The molecule has 2 aromatic carbocycles. The monoisotopic (exact) mass is 269 g/mol. The van der Waals surface area contributed by atoms with Crippen LogP contribution in [-0.4, -0.2) is 7.11 Å². The lowest BCUT2D eigenvalue weighted by Gasteiger charge is -2.29. The Hall–Kier alpha value is -1.80. The van der Waals surface area contributed by atoms with Crippen molar-refractivity contribution in [2.45, 2.75) is 33.2 Å². The van der Waals surface area contributed by atoms with Gasteiger partial charge in [-0.05, 0) is 67.6 Å². The van der Waals surface area contributed by atoms with Crippen molar-refractivity contribution in [1.29, 1.82) is 0 Å². The summed E-state index contributed by atoms with van der Waals surface area (Å²) in [5.74, 6) is 0.834. The van der Waals surface area contributed by atoms with Crippen LogP contribution < -0.4 is 10.5 Å². The molecule has 0 aliphatic heterocycles. The van der Waals surface area contributed by atoms with Crippen LogP contribution in [0.15, 0.2) is 36.4 Å². The molecule has 2 heteroatoms. The normalized spacial score (nSPS) is 13.9. The third-order valence-electron chi connectivity index (χ3n) is 4.07. The van der Waals surface area contributed by atoms with Gasteiger partial charge in [-0.3, -0.25) is 0 Å². The summed E-state index contributed by atoms with van der Waals surface area (Å²) in [6.45, 7) is 8.43. The third-order valence-corrected chi connectivity index (χ3v) is 4.07. The third kappa shape index (κ3) is 2.56. The molecule has 0 heterocycles. The minimum absolute atomic E-state index is 0.531. The molecule has 0 aromatic heterocycles. The molecule has 0 aliphatic carbocycles. The molecule has 0 aliphatic rings. The van der Waals surface area contributed by atoms with Gasteiger partial charge in [0.25, 0.3) is 0 Å². The van der Waals surface area contributed by atoms with Crippen molar-refractivity contribution in [3.8, 4) is 5.75 Å². The van der Waals surface area contributed by atoms with Gasteiger partial charge < -0.3 is 10.5 Å². The van der Waals surface area contributed by atoms with Crippen LogP contribution in [0, 0.1) is 20.8 Å². The molecule has 0 spiro atoms. The lowest BCUT2D eigenvalue weighted by molar-refractivity contribution is 0.413. The molecule has 2 aromatic rings. The molecule has 1 atom stereocenters. The van der Waals surface area contributed by atoms with Gasteiger partial charge in [0, 0.05) is 0 Å². The molecular weight excluding hydrogens is 246 g/mol. The Morgan fingerprint density at radius 1 is 0.950 bits per heavy atom. The van der Waals surface area contributed by atoms with E-state index in [9.17, 15) is 0 Å². The van der Waals surface area contributed by atoms with Gasteiger partial charge in [-0.15, -0.1) is 0 Å². The lowest BCUT2D eigenvalue weighted by atomic mass is 9.81. The molecule has 2 N–H and O–H groups in total. The highest BCUT2D eigenvalue weighted by molar-refractivity contribution is 5.47. The largest absolute Gasteiger partial charge is 0.497 e. The summed E-state index contributed by atoms with van der Waals surface area (Å²) in [4.78, 5) is 0. The van der Waals surface area contributed by atoms with E-state index in [0.29, 0.717) is 0 Å². The van der Waals surface area contributed by atoms with Gasteiger partial charge in [-0.2, -0.15) is 0 Å². The Balaban J connectivity index is 2.56. The van der Waals surface area contributed by atoms with Crippen LogP contribution >= 0.6 is 0 Å². The van der Waals surface area contributed by atoms with Crippen molar-refractivity contribution in [3.05, 3.63) is 64.2 Å². The van der Waals surface area contributed by atoms with Crippen LogP contribution in [0.2, 0.25) is 0 Å². The van der Waals surface area contributed by atoms with Gasteiger partial charge in [-0.25, -0.2) is 0 Å². The zero-order valence-corrected chi connectivity index (χ0v) is 12.9. The Morgan fingerprint density at radius 2 is 1.60 bits per heavy atom. The van der Waals surface area contributed by atoms with Crippen LogP contribution in [0.5, 0.6) is 5.75 Å². The Bertz CT molecular complexity index is 629. The summed E-state index contributed by atoms with van der Waals surface area (Å²) in [7, 11) is 1.67. The van der Waals surface area contributed by atoms with E-state index < -0.39 is 5.54 Å². The predicted molar refractivity (Wildman–Crippen MR) is 84.3 cm³/mol. The molecule has 0 fully saturated rings. The summed E-state index contributed by atoms with van der Waals surface area (Å²) >= 11 is 0. The van der Waals surface area contributed by atoms with Crippen LogP contribution in [0.25, 0.3) is 0 Å². The van der Waals surface area contributed by atoms with Crippen molar-refractivity contribution in [2.24, 2.45) is 5.73 Å². The van der Waals surface area contributed by atoms with Crippen molar-refractivity contribution in [3.63, 3.8) is 0 Å². The number of ether oxygens (including phenoxy) is 1. The van der Waals surface area contributed by atoms with Crippen molar-refractivity contribution in [2.75, 3.05) is 7.11 Å². The first-order valence-electron chi connectivity index (χ1n) is 6.88. The maximum atomic E-state index is 6.65. The second-order valence-corrected chi connectivity index (χ2v) is 5.69. The minimum Gasteiger partial charge on any atom is -0.497 e. The van der Waals surface area contributed by atoms with Crippen molar-refractivity contribution in [1.82, 2.24) is 0 Å². The van der Waals surface area contributed by atoms with Crippen molar-refractivity contribution >= 4 is 0 Å². The molecule has 0 bridgehead atoms. The summed E-state index contributed by atoms with van der Waals surface area (Å²) in [6.07, 6.45) is 0. The smallest absolute Gasteiger partial charge is 0.119 e. The van der Waals surface area contributed by atoms with Gasteiger partial charge in [0.15, 0.2) is 0 Å². The molecule has 2 nitrogen and oxygen atoms in total. The number of hydrogen-bond donors (Lipinski definition) is 1. The first-order valence-corrected chi connectivity index (χ1v) is 6.88. The van der Waals surface area contributed by atoms with Gasteiger partial charge in [-0.1, -0.05) is 24.3 Å². The topological polar surface area (TPSA) is 35.2 Å². The zero-order chi connectivity index (χ0) is 14.9. The second-order valence-electron chi connectivity index (χ2n) is 5.69. The molecule has 1 unspecified atom stereocenters. The van der Waals surface area contributed by atoms with Gasteiger partial charge in [0.05, 0.1) is 12.6 Å². The van der Waals surface area contributed by atoms with Crippen molar-refractivity contribution < 1.29 is 4.74 Å². The zero-order valence-electron chi connectivity index (χ0n) is 12.9. The van der Waals surface area contributed by atoms with E-state index in [1.165, 1.54) is 16.7 Å². The van der Waals surface area contributed by atoms with E-state index in [-0.39, 0.29) is 0 Å². The van der Waals surface area contributed by atoms with E-state index in [1.54, 1.807) is 7.11 Å². The number of nitrogens with two attached hydrogens (primary N) is 1. The van der Waals surface area contributed by atoms with Gasteiger partial charge in [0.2, 0.25) is 0 Å². The summed E-state index contributed by atoms with van der Waals surface area (Å²) in [5.41, 5.74) is 12.1. The molecule has 20 heavy (non-hydrogen) atoms. The van der Waals surface area contributed by atoms with E-state index in [1.807, 2.05) is 18.2 Å². The number of hydrogen-bond acceptors (Lipinski definition) is 2. The highest BCUT2D eigenvalue weighted by atomic mass is 16.5. The molecule has 0 saturated heterocycles. The second kappa shape index (κ2) is 5.29. The number of methoxy groups -OCH3 is 1. The molecular formula is C18H23NO. The van der Waals surface area contributed by atoms with Crippen LogP contribution in [0.3, 0.4) is 0 Å². The molecule has 0 radical (unpaired) electrons. The first-order chi connectivity index (χ1) is 9.36. The van der Waals surface area contributed by atoms with E-state index in [0.717, 1.165) is 16.9 Å². The number of benzene rings is 2. The highest BCUT2D eigenvalue weighted by Crippen LogP contribution is 2.32. The highest BCUT2D eigenvalue weighted by Gasteiger charge is 2.26. The summed E-state index contributed by atoms with van der Waals surface area (Å²) < 4.78 is 5.30. The fourth-order valence-electron chi connectivity index (χ4n) is 2.62. The van der Waals surface area contributed by atoms with E-state index in [2.05, 4.69) is 45.9 Å². The fraction of sp³-hybridized carbons (Fsp3) is 0.333. The SMILES string of the molecule is COc1cccc(C(C)(N)c2cc(C)c(C)cc2C)c1. The molecule has 0 saturated carbocycles. The number of rotatable bonds is 3. The van der Waals surface area contributed by atoms with Gasteiger partial charge >= 0.3 is 0 Å². The number of aryl methyl sites for hydroxylation is 3. The maximum absolute atomic E-state index is 6.65. The minimum atomic E-state index is -0.531. The Kier molecular flexibility index (Phi) is 3.87. The Morgan fingerprint density at radius 3 is 2.25 bits per heavy atom. The van der Waals surface area contributed by atoms with Crippen LogP contribution in [0.1, 0.15) is 34.7 Å². The standard InChI is InChI=1S/C18H23NO/c1-12-9-14(3)17(10-13(12)2)18(4,19)15-7-6-8-16(11-15)20-5/h6-11H,19H2,1-5H3. The average Bonchev–Trinajstić information content (AvgIpc) is 2.42. The lowest BCUT2D eigenvalue weighted by Crippen LogP contribution is -2.35. The Labute approximate surface area is 121 Å². The molecule has 2 rings (SSSR count). The molecule has 0 amide bonds. The predicted octanol–water partition coefficient (Wildman–Crippen LogP) is 3.84. The quantitative estimate of drug-likeness (QED) is 0.918. The summed E-state index contributed by atoms with van der Waals surface area (Å²) in [6, 6.07) is 12.4. The van der Waals surface area contributed by atoms with Gasteiger partial charge in [0.1, 0.15) is 5.75 Å². The first kappa shape index (κ1) is 14.6. The van der Waals surface area contributed by atoms with E-state index in [4.69, 9.17) is 10.5 Å². The summed E-state index contributed by atoms with van der Waals surface area (Å²) in [5, 5.41) is 0. The average molecular weight is 269 g/mol. The van der Waals surface area contributed by atoms with Crippen LogP contribution in [-0.2, 0) is 5.54 Å².